The number of aromatic nitrogens is 2. The van der Waals surface area contributed by atoms with Gasteiger partial charge in [-0.25, -0.2) is 0 Å². The van der Waals surface area contributed by atoms with Crippen molar-refractivity contribution >= 4 is 26.2 Å². The molecule has 2 nitrogen and oxygen atoms in total. The van der Waals surface area contributed by atoms with Gasteiger partial charge >= 0.3 is 54.8 Å². The molecule has 0 N–H and O–H groups in total. The van der Waals surface area contributed by atoms with Gasteiger partial charge in [-0.05, 0) is 0 Å². The van der Waals surface area contributed by atoms with Gasteiger partial charge in [0.15, 0.2) is 0 Å². The summed E-state index contributed by atoms with van der Waals surface area (Å²) in [6, 6.07) is 1.92. The van der Waals surface area contributed by atoms with Crippen LogP contribution in [0.15, 0.2) is 18.6 Å². The Morgan fingerprint density at radius 2 is 2.43 bits per heavy atom. The Morgan fingerprint density at radius 1 is 1.57 bits per heavy atom. The van der Waals surface area contributed by atoms with Crippen molar-refractivity contribution in [1.82, 2.24) is 9.97 Å². The van der Waals surface area contributed by atoms with Gasteiger partial charge in [0.25, 0.3) is 0 Å². The maximum atomic E-state index is 3.93. The Morgan fingerprint density at radius 3 is 2.71 bits per heavy atom. The number of hydrogen-bond donors (Lipinski definition) is 0. The molecule has 1 aromatic rings. The van der Waals surface area contributed by atoms with E-state index in [2.05, 4.69) is 9.97 Å². The second-order valence-corrected chi connectivity index (χ2v) is 2.82. The predicted octanol–water partition coefficient (Wildman–Crippen LogP) is -0.997. The Bertz CT molecular complexity index is 140. The fourth-order valence-electron chi connectivity index (χ4n) is 0.301. The molecule has 0 atom stereocenters. The van der Waals surface area contributed by atoms with Gasteiger partial charge in [-0.2, -0.15) is 0 Å². The SMILES string of the molecule is [SnH][c]1ccncn1. The first-order chi connectivity index (χ1) is 3.39. The molecule has 2 radical (unpaired) electrons. The van der Waals surface area contributed by atoms with Crippen molar-refractivity contribution in [3.63, 3.8) is 0 Å². The third-order valence-corrected chi connectivity index (χ3v) is 1.58. The van der Waals surface area contributed by atoms with Crippen molar-refractivity contribution in [2.45, 2.75) is 0 Å². The minimum absolute atomic E-state index is 1.08. The van der Waals surface area contributed by atoms with Gasteiger partial charge in [0.2, 0.25) is 0 Å². The van der Waals surface area contributed by atoms with E-state index in [9.17, 15) is 0 Å². The zero-order valence-corrected chi connectivity index (χ0v) is 7.00. The van der Waals surface area contributed by atoms with Crippen LogP contribution in [0.1, 0.15) is 0 Å². The summed E-state index contributed by atoms with van der Waals surface area (Å²) in [4.78, 5) is 7.68. The van der Waals surface area contributed by atoms with E-state index in [0.717, 1.165) is 26.2 Å². The second kappa shape index (κ2) is 2.25. The van der Waals surface area contributed by atoms with E-state index in [4.69, 9.17) is 0 Å². The third-order valence-electron chi connectivity index (χ3n) is 0.605. The number of hydrogen-bond acceptors (Lipinski definition) is 2. The summed E-state index contributed by atoms with van der Waals surface area (Å²) in [7, 11) is 0. The minimum atomic E-state index is 1.08. The summed E-state index contributed by atoms with van der Waals surface area (Å²) >= 11 is 1.08. The van der Waals surface area contributed by atoms with Gasteiger partial charge < -0.3 is 0 Å². The first-order valence-corrected chi connectivity index (χ1v) is 3.56. The standard InChI is InChI=1S/C4H3N2.Sn.H/c1-2-5-4-6-3-1;;/h1-2,4H;;. The van der Waals surface area contributed by atoms with Gasteiger partial charge in [0.1, 0.15) is 0 Å². The number of rotatable bonds is 0. The van der Waals surface area contributed by atoms with E-state index in [-0.39, 0.29) is 0 Å². The van der Waals surface area contributed by atoms with Crippen LogP contribution in [0.2, 0.25) is 0 Å². The molecule has 1 heterocycles. The van der Waals surface area contributed by atoms with Gasteiger partial charge in [-0.3, -0.25) is 0 Å². The summed E-state index contributed by atoms with van der Waals surface area (Å²) in [5.41, 5.74) is 0. The van der Waals surface area contributed by atoms with Crippen LogP contribution in [0.3, 0.4) is 0 Å². The van der Waals surface area contributed by atoms with E-state index in [0.29, 0.717) is 0 Å². The molecule has 1 rings (SSSR count). The van der Waals surface area contributed by atoms with Gasteiger partial charge in [-0.15, -0.1) is 0 Å². The van der Waals surface area contributed by atoms with Crippen LogP contribution in [0.5, 0.6) is 0 Å². The summed E-state index contributed by atoms with van der Waals surface area (Å²) in [5.74, 6) is 0. The molecule has 0 saturated heterocycles. The molecule has 7 heavy (non-hydrogen) atoms. The van der Waals surface area contributed by atoms with Crippen LogP contribution in [0.25, 0.3) is 0 Å². The molecule has 0 unspecified atom stereocenters. The van der Waals surface area contributed by atoms with Gasteiger partial charge in [0, 0.05) is 0 Å². The fraction of sp³-hybridized carbons (Fsp3) is 0. The van der Waals surface area contributed by atoms with Crippen LogP contribution in [0.4, 0.5) is 0 Å². The predicted molar refractivity (Wildman–Crippen MR) is 28.8 cm³/mol. The molecule has 0 aliphatic rings. The molecule has 0 saturated carbocycles. The molecule has 0 aromatic carbocycles. The molecule has 0 spiro atoms. The molecule has 3 heteroatoms. The first kappa shape index (κ1) is 5.02. The molecule has 0 aliphatic carbocycles. The van der Waals surface area contributed by atoms with Crippen LogP contribution in [-0.4, -0.2) is 32.5 Å². The van der Waals surface area contributed by atoms with Crippen LogP contribution < -0.4 is 3.71 Å². The van der Waals surface area contributed by atoms with Crippen LogP contribution in [0, 0.1) is 0 Å². The van der Waals surface area contributed by atoms with Gasteiger partial charge in [-0.1, -0.05) is 0 Å². The average molecular weight is 199 g/mol. The molecule has 34 valence electrons. The summed E-state index contributed by atoms with van der Waals surface area (Å²) in [6.07, 6.45) is 3.33. The third kappa shape index (κ3) is 1.42. The molecule has 0 fully saturated rings. The Kier molecular flexibility index (Phi) is 1.62. The summed E-state index contributed by atoms with van der Waals surface area (Å²) in [6.45, 7) is 0. The Labute approximate surface area is 55.1 Å². The topological polar surface area (TPSA) is 25.8 Å². The fourth-order valence-corrected chi connectivity index (χ4v) is 0.737. The quantitative estimate of drug-likeness (QED) is 0.501. The van der Waals surface area contributed by atoms with Crippen molar-refractivity contribution in [3.8, 4) is 0 Å². The van der Waals surface area contributed by atoms with E-state index in [1.165, 1.54) is 0 Å². The van der Waals surface area contributed by atoms with E-state index >= 15 is 0 Å². The van der Waals surface area contributed by atoms with Crippen molar-refractivity contribution in [3.05, 3.63) is 18.6 Å². The molecular weight excluding hydrogens is 195 g/mol. The number of nitrogens with zero attached hydrogens (tertiary/aromatic N) is 2. The van der Waals surface area contributed by atoms with Crippen LogP contribution >= 0.6 is 0 Å². The van der Waals surface area contributed by atoms with E-state index in [1.54, 1.807) is 12.5 Å². The van der Waals surface area contributed by atoms with Crippen LogP contribution in [-0.2, 0) is 0 Å². The molecule has 0 aliphatic heterocycles. The van der Waals surface area contributed by atoms with E-state index < -0.39 is 0 Å². The Hall–Kier alpha value is -0.121. The molecule has 0 amide bonds. The molecule has 1 aromatic heterocycles. The monoisotopic (exact) mass is 200 g/mol. The van der Waals surface area contributed by atoms with Crippen molar-refractivity contribution in [1.29, 1.82) is 0 Å². The zero-order valence-electron chi connectivity index (χ0n) is 3.70. The average Bonchev–Trinajstić information content (AvgIpc) is 1.69. The van der Waals surface area contributed by atoms with Crippen molar-refractivity contribution < 1.29 is 0 Å². The first-order valence-electron chi connectivity index (χ1n) is 1.91. The summed E-state index contributed by atoms with van der Waals surface area (Å²) in [5, 5.41) is 0. The maximum absolute atomic E-state index is 3.93. The summed E-state index contributed by atoms with van der Waals surface area (Å²) < 4.78 is 1.14. The Balaban J connectivity index is 3.02. The van der Waals surface area contributed by atoms with Gasteiger partial charge in [0.05, 0.1) is 0 Å². The zero-order chi connectivity index (χ0) is 5.11. The van der Waals surface area contributed by atoms with Crippen molar-refractivity contribution in [2.75, 3.05) is 0 Å². The van der Waals surface area contributed by atoms with Crippen molar-refractivity contribution in [2.24, 2.45) is 0 Å². The second-order valence-electron chi connectivity index (χ2n) is 1.13. The normalized spacial score (nSPS) is 8.71. The molecule has 0 bridgehead atoms. The van der Waals surface area contributed by atoms with E-state index in [1.807, 2.05) is 6.07 Å². The molecular formula is C4H4N2Sn.